The summed E-state index contributed by atoms with van der Waals surface area (Å²) in [6.45, 7) is 7.34. The number of nitrogens with two attached hydrogens (primary N) is 1. The first-order valence-electron chi connectivity index (χ1n) is 6.29. The summed E-state index contributed by atoms with van der Waals surface area (Å²) in [6.07, 6.45) is 2.83. The summed E-state index contributed by atoms with van der Waals surface area (Å²) in [7, 11) is 0. The monoisotopic (exact) mass is 218 g/mol. The zero-order valence-corrected chi connectivity index (χ0v) is 10.4. The average Bonchev–Trinajstić information content (AvgIpc) is 3.09. The van der Waals surface area contributed by atoms with Crippen LogP contribution in [0, 0.1) is 12.8 Å². The molecule has 1 aromatic carbocycles. The molecule has 1 aliphatic carbocycles. The molecule has 0 aliphatic heterocycles. The molecule has 0 heterocycles. The molecule has 2 nitrogen and oxygen atoms in total. The number of nitrogens with zero attached hydrogens (tertiary/aromatic N) is 1. The van der Waals surface area contributed by atoms with Crippen molar-refractivity contribution >= 4 is 5.69 Å². The minimum absolute atomic E-state index is 0.640. The molecule has 88 valence electrons. The van der Waals surface area contributed by atoms with Crippen LogP contribution in [-0.4, -0.2) is 13.1 Å². The van der Waals surface area contributed by atoms with E-state index in [4.69, 9.17) is 5.73 Å². The van der Waals surface area contributed by atoms with Crippen LogP contribution in [0.5, 0.6) is 0 Å². The Labute approximate surface area is 98.4 Å². The lowest BCUT2D eigenvalue weighted by Gasteiger charge is -2.24. The Balaban J connectivity index is 2.13. The maximum Gasteiger partial charge on any atom is 0.0369 e. The maximum absolute atomic E-state index is 5.69. The van der Waals surface area contributed by atoms with Gasteiger partial charge in [-0.25, -0.2) is 0 Å². The molecule has 2 rings (SSSR count). The molecular weight excluding hydrogens is 196 g/mol. The van der Waals surface area contributed by atoms with Gasteiger partial charge in [0.2, 0.25) is 0 Å². The van der Waals surface area contributed by atoms with E-state index in [9.17, 15) is 0 Å². The normalized spacial score (nSPS) is 15.2. The van der Waals surface area contributed by atoms with E-state index >= 15 is 0 Å². The molecule has 2 N–H and O–H groups in total. The third-order valence-corrected chi connectivity index (χ3v) is 3.47. The summed E-state index contributed by atoms with van der Waals surface area (Å²) >= 11 is 0. The van der Waals surface area contributed by atoms with Gasteiger partial charge >= 0.3 is 0 Å². The number of hydrogen-bond acceptors (Lipinski definition) is 2. The summed E-state index contributed by atoms with van der Waals surface area (Å²) in [5.41, 5.74) is 9.61. The molecule has 0 unspecified atom stereocenters. The Kier molecular flexibility index (Phi) is 3.49. The van der Waals surface area contributed by atoms with Crippen molar-refractivity contribution in [2.45, 2.75) is 33.2 Å². The van der Waals surface area contributed by atoms with E-state index in [1.54, 1.807) is 0 Å². The minimum Gasteiger partial charge on any atom is -0.372 e. The molecule has 1 saturated carbocycles. The Morgan fingerprint density at radius 3 is 2.62 bits per heavy atom. The third-order valence-electron chi connectivity index (χ3n) is 3.47. The van der Waals surface area contributed by atoms with E-state index in [0.717, 1.165) is 12.5 Å². The lowest BCUT2D eigenvalue weighted by atomic mass is 10.1. The van der Waals surface area contributed by atoms with Gasteiger partial charge in [0.15, 0.2) is 0 Å². The minimum atomic E-state index is 0.640. The zero-order chi connectivity index (χ0) is 11.5. The van der Waals surface area contributed by atoms with E-state index in [-0.39, 0.29) is 0 Å². The Morgan fingerprint density at radius 1 is 1.38 bits per heavy atom. The highest BCUT2D eigenvalue weighted by Gasteiger charge is 2.23. The number of benzene rings is 1. The lowest BCUT2D eigenvalue weighted by Crippen LogP contribution is -2.25. The van der Waals surface area contributed by atoms with Crippen molar-refractivity contribution < 1.29 is 0 Å². The largest absolute Gasteiger partial charge is 0.372 e. The number of anilines is 1. The van der Waals surface area contributed by atoms with Crippen LogP contribution in [0.2, 0.25) is 0 Å². The van der Waals surface area contributed by atoms with Gasteiger partial charge in [-0.3, -0.25) is 0 Å². The van der Waals surface area contributed by atoms with E-state index in [1.807, 2.05) is 0 Å². The van der Waals surface area contributed by atoms with Gasteiger partial charge in [0, 0.05) is 25.3 Å². The first kappa shape index (κ1) is 11.5. The van der Waals surface area contributed by atoms with Gasteiger partial charge < -0.3 is 10.6 Å². The molecule has 16 heavy (non-hydrogen) atoms. The van der Waals surface area contributed by atoms with Gasteiger partial charge in [-0.2, -0.15) is 0 Å². The second kappa shape index (κ2) is 4.88. The predicted molar refractivity (Wildman–Crippen MR) is 69.7 cm³/mol. The summed E-state index contributed by atoms with van der Waals surface area (Å²) < 4.78 is 0. The number of rotatable bonds is 5. The fraction of sp³-hybridized carbons (Fsp3) is 0.571. The van der Waals surface area contributed by atoms with Gasteiger partial charge in [0.25, 0.3) is 0 Å². The quantitative estimate of drug-likeness (QED) is 0.823. The van der Waals surface area contributed by atoms with Crippen molar-refractivity contribution in [1.29, 1.82) is 0 Å². The Morgan fingerprint density at radius 2 is 2.12 bits per heavy atom. The van der Waals surface area contributed by atoms with Gasteiger partial charge in [-0.15, -0.1) is 0 Å². The number of hydrogen-bond donors (Lipinski definition) is 1. The highest BCUT2D eigenvalue weighted by Crippen LogP contribution is 2.31. The summed E-state index contributed by atoms with van der Waals surface area (Å²) in [4.78, 5) is 2.48. The van der Waals surface area contributed by atoms with Crippen molar-refractivity contribution in [2.24, 2.45) is 11.7 Å². The molecule has 0 radical (unpaired) electrons. The highest BCUT2D eigenvalue weighted by molar-refractivity contribution is 5.51. The molecule has 0 saturated heterocycles. The van der Waals surface area contributed by atoms with Crippen LogP contribution < -0.4 is 10.6 Å². The summed E-state index contributed by atoms with van der Waals surface area (Å²) in [5.74, 6) is 0.939. The van der Waals surface area contributed by atoms with E-state index in [2.05, 4.69) is 36.9 Å². The topological polar surface area (TPSA) is 29.3 Å². The van der Waals surface area contributed by atoms with Crippen molar-refractivity contribution in [2.75, 3.05) is 18.0 Å². The maximum atomic E-state index is 5.69. The van der Waals surface area contributed by atoms with E-state index in [1.165, 1.54) is 36.2 Å². The van der Waals surface area contributed by atoms with Crippen LogP contribution in [0.15, 0.2) is 18.2 Å². The summed E-state index contributed by atoms with van der Waals surface area (Å²) in [6, 6.07) is 6.65. The van der Waals surface area contributed by atoms with Gasteiger partial charge in [0.05, 0.1) is 0 Å². The second-order valence-corrected chi connectivity index (χ2v) is 4.80. The third kappa shape index (κ3) is 2.56. The molecular formula is C14H22N2. The van der Waals surface area contributed by atoms with Crippen LogP contribution in [0.3, 0.4) is 0 Å². The molecule has 1 fully saturated rings. The first-order chi connectivity index (χ1) is 7.74. The molecule has 0 aromatic heterocycles. The van der Waals surface area contributed by atoms with E-state index in [0.29, 0.717) is 6.54 Å². The van der Waals surface area contributed by atoms with Crippen molar-refractivity contribution in [1.82, 2.24) is 0 Å². The van der Waals surface area contributed by atoms with Crippen molar-refractivity contribution in [3.05, 3.63) is 29.3 Å². The fourth-order valence-electron chi connectivity index (χ4n) is 2.13. The first-order valence-corrected chi connectivity index (χ1v) is 6.29. The molecule has 0 bridgehead atoms. The Bertz CT molecular complexity index is 356. The zero-order valence-electron chi connectivity index (χ0n) is 10.4. The number of aryl methyl sites for hydroxylation is 1. The van der Waals surface area contributed by atoms with Crippen LogP contribution in [-0.2, 0) is 6.54 Å². The fourth-order valence-corrected chi connectivity index (χ4v) is 2.13. The molecule has 2 heteroatoms. The SMILES string of the molecule is CCN(CC1CC1)c1ccc(CN)c(C)c1. The van der Waals surface area contributed by atoms with Crippen LogP contribution in [0.1, 0.15) is 30.9 Å². The van der Waals surface area contributed by atoms with Crippen LogP contribution >= 0.6 is 0 Å². The smallest absolute Gasteiger partial charge is 0.0369 e. The molecule has 0 spiro atoms. The van der Waals surface area contributed by atoms with Gasteiger partial charge in [-0.1, -0.05) is 6.07 Å². The standard InChI is InChI=1S/C14H22N2/c1-3-16(10-12-4-5-12)14-7-6-13(9-15)11(2)8-14/h6-8,12H,3-5,9-10,15H2,1-2H3. The van der Waals surface area contributed by atoms with Gasteiger partial charge in [-0.05, 0) is 55.9 Å². The second-order valence-electron chi connectivity index (χ2n) is 4.80. The molecule has 1 aromatic rings. The van der Waals surface area contributed by atoms with Crippen molar-refractivity contribution in [3.63, 3.8) is 0 Å². The average molecular weight is 218 g/mol. The van der Waals surface area contributed by atoms with Gasteiger partial charge in [0.1, 0.15) is 0 Å². The van der Waals surface area contributed by atoms with Crippen molar-refractivity contribution in [3.8, 4) is 0 Å². The molecule has 0 amide bonds. The lowest BCUT2D eigenvalue weighted by molar-refractivity contribution is 0.741. The predicted octanol–water partition coefficient (Wildman–Crippen LogP) is 2.69. The molecule has 0 atom stereocenters. The molecule has 1 aliphatic rings. The summed E-state index contributed by atoms with van der Waals surface area (Å²) in [5, 5.41) is 0. The highest BCUT2D eigenvalue weighted by atomic mass is 15.1. The Hall–Kier alpha value is -1.02. The van der Waals surface area contributed by atoms with Crippen LogP contribution in [0.25, 0.3) is 0 Å². The van der Waals surface area contributed by atoms with Crippen LogP contribution in [0.4, 0.5) is 5.69 Å². The van der Waals surface area contributed by atoms with E-state index < -0.39 is 0 Å².